The lowest BCUT2D eigenvalue weighted by Gasteiger charge is -2.20. The summed E-state index contributed by atoms with van der Waals surface area (Å²) in [5.74, 6) is -1.13. The normalized spacial score (nSPS) is 10.2. The number of amides is 1. The molecule has 0 heterocycles. The summed E-state index contributed by atoms with van der Waals surface area (Å²) in [5.41, 5.74) is 1.09. The van der Waals surface area contributed by atoms with Crippen molar-refractivity contribution in [2.24, 2.45) is 0 Å². The first-order chi connectivity index (χ1) is 9.63. The van der Waals surface area contributed by atoms with Crippen molar-refractivity contribution in [3.63, 3.8) is 0 Å². The van der Waals surface area contributed by atoms with E-state index in [1.807, 2.05) is 30.3 Å². The first-order valence-corrected chi connectivity index (χ1v) is 6.66. The lowest BCUT2D eigenvalue weighted by Crippen LogP contribution is -2.37. The van der Waals surface area contributed by atoms with Crippen LogP contribution in [0.4, 0.5) is 0 Å². The Morgan fingerprint density at radius 2 is 1.95 bits per heavy atom. The molecule has 1 aromatic rings. The third-order valence-electron chi connectivity index (χ3n) is 2.93. The predicted octanol–water partition coefficient (Wildman–Crippen LogP) is 1.57. The zero-order valence-corrected chi connectivity index (χ0v) is 11.7. The van der Waals surface area contributed by atoms with Crippen LogP contribution in [-0.4, -0.2) is 48.7 Å². The molecule has 0 fully saturated rings. The first-order valence-electron chi connectivity index (χ1n) is 6.66. The van der Waals surface area contributed by atoms with Gasteiger partial charge in [-0.05, 0) is 18.4 Å². The maximum Gasteiger partial charge on any atom is 0.323 e. The largest absolute Gasteiger partial charge is 0.480 e. The van der Waals surface area contributed by atoms with Gasteiger partial charge in [0.1, 0.15) is 6.54 Å². The molecule has 0 aromatic heterocycles. The van der Waals surface area contributed by atoms with Gasteiger partial charge in [0.2, 0.25) is 5.91 Å². The Hall–Kier alpha value is -1.88. The van der Waals surface area contributed by atoms with E-state index in [9.17, 15) is 9.59 Å². The van der Waals surface area contributed by atoms with E-state index in [0.29, 0.717) is 32.4 Å². The van der Waals surface area contributed by atoms with Crippen molar-refractivity contribution in [3.05, 3.63) is 35.9 Å². The van der Waals surface area contributed by atoms with E-state index in [1.54, 1.807) is 7.11 Å². The summed E-state index contributed by atoms with van der Waals surface area (Å²) in [6, 6.07) is 9.71. The number of carboxylic acid groups (broad SMARTS) is 1. The van der Waals surface area contributed by atoms with Crippen LogP contribution in [0.3, 0.4) is 0 Å². The molecule has 1 amide bonds. The van der Waals surface area contributed by atoms with E-state index in [-0.39, 0.29) is 12.5 Å². The molecule has 0 bridgehead atoms. The fraction of sp³-hybridized carbons (Fsp3) is 0.467. The van der Waals surface area contributed by atoms with E-state index >= 15 is 0 Å². The second kappa shape index (κ2) is 9.09. The molecule has 0 radical (unpaired) electrons. The fourth-order valence-corrected chi connectivity index (χ4v) is 1.89. The summed E-state index contributed by atoms with van der Waals surface area (Å²) in [6.07, 6.45) is 1.58. The van der Waals surface area contributed by atoms with Crippen LogP contribution in [-0.2, 0) is 20.7 Å². The average Bonchev–Trinajstić information content (AvgIpc) is 2.44. The Kier molecular flexibility index (Phi) is 7.35. The Morgan fingerprint density at radius 1 is 1.25 bits per heavy atom. The van der Waals surface area contributed by atoms with Gasteiger partial charge in [0.05, 0.1) is 0 Å². The number of nitrogens with zero attached hydrogens (tertiary/aromatic N) is 1. The molecule has 0 saturated heterocycles. The van der Waals surface area contributed by atoms with Gasteiger partial charge in [0, 0.05) is 26.7 Å². The molecule has 0 aliphatic heterocycles. The van der Waals surface area contributed by atoms with E-state index in [1.165, 1.54) is 4.90 Å². The van der Waals surface area contributed by atoms with Crippen LogP contribution >= 0.6 is 0 Å². The summed E-state index contributed by atoms with van der Waals surface area (Å²) in [4.78, 5) is 24.2. The van der Waals surface area contributed by atoms with Crippen LogP contribution in [0.25, 0.3) is 0 Å². The number of rotatable bonds is 9. The fourth-order valence-electron chi connectivity index (χ4n) is 1.89. The van der Waals surface area contributed by atoms with Crippen molar-refractivity contribution in [3.8, 4) is 0 Å². The number of hydrogen-bond acceptors (Lipinski definition) is 3. The highest BCUT2D eigenvalue weighted by Gasteiger charge is 2.16. The summed E-state index contributed by atoms with van der Waals surface area (Å²) < 4.78 is 4.90. The van der Waals surface area contributed by atoms with Gasteiger partial charge < -0.3 is 14.7 Å². The van der Waals surface area contributed by atoms with Gasteiger partial charge in [-0.25, -0.2) is 0 Å². The molecule has 0 saturated carbocycles. The van der Waals surface area contributed by atoms with Crippen LogP contribution in [0.1, 0.15) is 18.4 Å². The van der Waals surface area contributed by atoms with Gasteiger partial charge in [-0.1, -0.05) is 30.3 Å². The number of benzene rings is 1. The van der Waals surface area contributed by atoms with Crippen molar-refractivity contribution in [2.45, 2.75) is 19.3 Å². The number of carbonyl (C=O) groups excluding carboxylic acids is 1. The highest BCUT2D eigenvalue weighted by molar-refractivity contribution is 5.81. The number of aliphatic carboxylic acids is 1. The zero-order valence-electron chi connectivity index (χ0n) is 11.7. The van der Waals surface area contributed by atoms with Crippen LogP contribution in [0.15, 0.2) is 30.3 Å². The van der Waals surface area contributed by atoms with Gasteiger partial charge in [0.15, 0.2) is 0 Å². The Balaban J connectivity index is 2.50. The van der Waals surface area contributed by atoms with E-state index in [2.05, 4.69) is 0 Å². The molecule has 5 heteroatoms. The minimum atomic E-state index is -0.988. The average molecular weight is 279 g/mol. The Bertz CT molecular complexity index is 419. The first kappa shape index (κ1) is 16.2. The van der Waals surface area contributed by atoms with Gasteiger partial charge >= 0.3 is 5.97 Å². The number of hydrogen-bond donors (Lipinski definition) is 1. The van der Waals surface area contributed by atoms with Crippen LogP contribution in [0.5, 0.6) is 0 Å². The number of carboxylic acids is 1. The maximum atomic E-state index is 12.0. The minimum Gasteiger partial charge on any atom is -0.480 e. The third kappa shape index (κ3) is 6.33. The van der Waals surface area contributed by atoms with Crippen molar-refractivity contribution < 1.29 is 19.4 Å². The minimum absolute atomic E-state index is 0.139. The van der Waals surface area contributed by atoms with Crippen molar-refractivity contribution in [1.29, 1.82) is 0 Å². The van der Waals surface area contributed by atoms with Crippen LogP contribution in [0.2, 0.25) is 0 Å². The second-order valence-corrected chi connectivity index (χ2v) is 4.54. The predicted molar refractivity (Wildman–Crippen MR) is 75.5 cm³/mol. The zero-order chi connectivity index (χ0) is 14.8. The van der Waals surface area contributed by atoms with Gasteiger partial charge in [0.25, 0.3) is 0 Å². The number of ether oxygens (including phenoxy) is 1. The monoisotopic (exact) mass is 279 g/mol. The molecular formula is C15H21NO4. The van der Waals surface area contributed by atoms with Gasteiger partial charge in [-0.3, -0.25) is 9.59 Å². The van der Waals surface area contributed by atoms with Crippen LogP contribution < -0.4 is 0 Å². The van der Waals surface area contributed by atoms with Crippen molar-refractivity contribution in [2.75, 3.05) is 26.8 Å². The van der Waals surface area contributed by atoms with Gasteiger partial charge in [-0.2, -0.15) is 0 Å². The molecular weight excluding hydrogens is 258 g/mol. The summed E-state index contributed by atoms with van der Waals surface area (Å²) in [7, 11) is 1.58. The topological polar surface area (TPSA) is 66.8 Å². The molecule has 0 unspecified atom stereocenters. The van der Waals surface area contributed by atoms with Crippen LogP contribution in [0, 0.1) is 0 Å². The molecule has 5 nitrogen and oxygen atoms in total. The smallest absolute Gasteiger partial charge is 0.323 e. The quantitative estimate of drug-likeness (QED) is 0.697. The Morgan fingerprint density at radius 3 is 2.55 bits per heavy atom. The SMILES string of the molecule is COCCCC(=O)N(CCc1ccccc1)CC(=O)O. The van der Waals surface area contributed by atoms with Crippen molar-refractivity contribution >= 4 is 11.9 Å². The number of carbonyl (C=O) groups is 2. The van der Waals surface area contributed by atoms with E-state index in [0.717, 1.165) is 5.56 Å². The van der Waals surface area contributed by atoms with Gasteiger partial charge in [-0.15, -0.1) is 0 Å². The molecule has 1 aromatic carbocycles. The summed E-state index contributed by atoms with van der Waals surface area (Å²) >= 11 is 0. The van der Waals surface area contributed by atoms with E-state index < -0.39 is 5.97 Å². The Labute approximate surface area is 119 Å². The lowest BCUT2D eigenvalue weighted by atomic mass is 10.1. The second-order valence-electron chi connectivity index (χ2n) is 4.54. The molecule has 1 N–H and O–H groups in total. The molecule has 0 atom stereocenters. The molecule has 20 heavy (non-hydrogen) atoms. The highest BCUT2D eigenvalue weighted by atomic mass is 16.5. The molecule has 0 aliphatic carbocycles. The van der Waals surface area contributed by atoms with E-state index in [4.69, 9.17) is 9.84 Å². The standard InChI is InChI=1S/C15H21NO4/c1-20-11-5-8-14(17)16(12-15(18)19)10-9-13-6-3-2-4-7-13/h2-4,6-7H,5,8-12H2,1H3,(H,18,19). The molecule has 0 aliphatic rings. The highest BCUT2D eigenvalue weighted by Crippen LogP contribution is 2.04. The number of methoxy groups -OCH3 is 1. The van der Waals surface area contributed by atoms with Crippen molar-refractivity contribution in [1.82, 2.24) is 4.90 Å². The third-order valence-corrected chi connectivity index (χ3v) is 2.93. The summed E-state index contributed by atoms with van der Waals surface area (Å²) in [5, 5.41) is 8.88. The lowest BCUT2D eigenvalue weighted by molar-refractivity contribution is -0.144. The molecule has 110 valence electrons. The molecule has 1 rings (SSSR count). The maximum absolute atomic E-state index is 12.0. The molecule has 0 spiro atoms. The summed E-state index contributed by atoms with van der Waals surface area (Å²) in [6.45, 7) is 0.673.